The molecule has 1 fully saturated rings. The number of aromatic nitrogens is 2. The van der Waals surface area contributed by atoms with Gasteiger partial charge in [-0.3, -0.25) is 9.59 Å². The summed E-state index contributed by atoms with van der Waals surface area (Å²) >= 11 is 0. The first-order valence-corrected chi connectivity index (χ1v) is 8.79. The summed E-state index contributed by atoms with van der Waals surface area (Å²) in [6.07, 6.45) is -4.64. The maximum Gasteiger partial charge on any atom is 0.419 e. The molecule has 1 aromatic carbocycles. The number of anilines is 2. The van der Waals surface area contributed by atoms with Gasteiger partial charge in [-0.15, -0.1) is 0 Å². The van der Waals surface area contributed by atoms with Crippen molar-refractivity contribution in [1.29, 1.82) is 0 Å². The summed E-state index contributed by atoms with van der Waals surface area (Å²) in [6, 6.07) is 1.17. The van der Waals surface area contributed by atoms with Crippen molar-refractivity contribution in [3.8, 4) is 5.75 Å². The van der Waals surface area contributed by atoms with Crippen LogP contribution in [-0.2, 0) is 9.53 Å². The van der Waals surface area contributed by atoms with E-state index in [1.807, 2.05) is 0 Å². The van der Waals surface area contributed by atoms with Crippen LogP contribution in [0.4, 0.5) is 33.3 Å². The molecule has 0 spiro atoms. The number of nitrogens with zero attached hydrogens (tertiary/aromatic N) is 2. The molecule has 1 aliphatic heterocycles. The molecule has 1 aliphatic rings. The Morgan fingerprint density at radius 3 is 2.61 bits per heavy atom. The number of carbonyl (C=O) groups excluding carboxylic acids is 1. The molecule has 3 rings (SSSR count). The van der Waals surface area contributed by atoms with Crippen LogP contribution in [0.15, 0.2) is 29.2 Å². The van der Waals surface area contributed by atoms with Gasteiger partial charge in [-0.2, -0.15) is 22.7 Å². The molecule has 1 unspecified atom stereocenters. The Labute approximate surface area is 171 Å². The van der Waals surface area contributed by atoms with Gasteiger partial charge in [0.05, 0.1) is 31.2 Å². The van der Waals surface area contributed by atoms with Gasteiger partial charge in [-0.05, 0) is 12.1 Å². The van der Waals surface area contributed by atoms with Crippen LogP contribution in [0.5, 0.6) is 5.75 Å². The first-order valence-electron chi connectivity index (χ1n) is 8.79. The second-order valence-electron chi connectivity index (χ2n) is 6.78. The lowest BCUT2D eigenvalue weighted by atomic mass is 9.99. The van der Waals surface area contributed by atoms with E-state index < -0.39 is 59.6 Å². The van der Waals surface area contributed by atoms with Crippen molar-refractivity contribution in [3.63, 3.8) is 0 Å². The lowest BCUT2D eigenvalue weighted by molar-refractivity contribution is -0.261. The minimum Gasteiger partial charge on any atom is -0.491 e. The van der Waals surface area contributed by atoms with Gasteiger partial charge in [-0.1, -0.05) is 0 Å². The Bertz CT molecular complexity index is 1040. The number of methoxy groups -OCH3 is 2. The quantitative estimate of drug-likeness (QED) is 0.682. The van der Waals surface area contributed by atoms with Crippen LogP contribution < -0.4 is 20.5 Å². The average molecular weight is 448 g/mol. The fourth-order valence-corrected chi connectivity index (χ4v) is 3.44. The number of aromatic amines is 1. The monoisotopic (exact) mass is 448 g/mol. The summed E-state index contributed by atoms with van der Waals surface area (Å²) in [5, 5.41) is 7.89. The van der Waals surface area contributed by atoms with Gasteiger partial charge in [0.15, 0.2) is 17.2 Å². The third-order valence-electron chi connectivity index (χ3n) is 5.01. The van der Waals surface area contributed by atoms with Crippen molar-refractivity contribution in [3.05, 3.63) is 46.4 Å². The van der Waals surface area contributed by atoms with Crippen molar-refractivity contribution < 1.29 is 36.2 Å². The number of ether oxygens (including phenoxy) is 2. The van der Waals surface area contributed by atoms with E-state index in [1.54, 1.807) is 0 Å². The summed E-state index contributed by atoms with van der Waals surface area (Å²) in [7, 11) is 1.86. The Balaban J connectivity index is 2.06. The average Bonchev–Trinajstić information content (AvgIpc) is 3.11. The van der Waals surface area contributed by atoms with Crippen molar-refractivity contribution in [1.82, 2.24) is 10.2 Å². The highest BCUT2D eigenvalue weighted by Gasteiger charge is 2.63. The number of rotatable bonds is 5. The lowest BCUT2D eigenvalue weighted by Crippen LogP contribution is -2.49. The second kappa shape index (κ2) is 8.13. The highest BCUT2D eigenvalue weighted by molar-refractivity contribution is 5.97. The normalized spacial score (nSPS) is 21.3. The smallest absolute Gasteiger partial charge is 0.419 e. The molecular weight excluding hydrogens is 431 g/mol. The van der Waals surface area contributed by atoms with Gasteiger partial charge in [0.1, 0.15) is 6.04 Å². The Kier molecular flexibility index (Phi) is 5.89. The number of nitrogens with one attached hydrogen (secondary N) is 2. The fourth-order valence-electron chi connectivity index (χ4n) is 3.44. The van der Waals surface area contributed by atoms with E-state index in [2.05, 4.69) is 15.5 Å². The molecule has 1 amide bonds. The van der Waals surface area contributed by atoms with Gasteiger partial charge in [0.25, 0.3) is 5.56 Å². The third kappa shape index (κ3) is 4.04. The van der Waals surface area contributed by atoms with E-state index in [0.717, 1.165) is 37.4 Å². The van der Waals surface area contributed by atoms with Crippen molar-refractivity contribution in [2.45, 2.75) is 24.2 Å². The maximum absolute atomic E-state index is 14.2. The van der Waals surface area contributed by atoms with Crippen LogP contribution >= 0.6 is 0 Å². The highest BCUT2D eigenvalue weighted by atomic mass is 19.4. The molecular formula is C18H17F5N4O4. The number of alkyl halides is 3. The van der Waals surface area contributed by atoms with Crippen molar-refractivity contribution in [2.24, 2.45) is 0 Å². The molecule has 2 atom stereocenters. The number of H-pyrrole nitrogens is 1. The molecule has 31 heavy (non-hydrogen) atoms. The van der Waals surface area contributed by atoms with Gasteiger partial charge in [-0.25, -0.2) is 9.49 Å². The first-order chi connectivity index (χ1) is 14.5. The lowest BCUT2D eigenvalue weighted by Gasteiger charge is -2.31. The summed E-state index contributed by atoms with van der Waals surface area (Å²) in [5.41, 5.74) is -3.75. The minimum atomic E-state index is -4.88. The molecule has 2 aromatic rings. The molecule has 0 aliphatic carbocycles. The van der Waals surface area contributed by atoms with Crippen LogP contribution in [0, 0.1) is 11.6 Å². The summed E-state index contributed by atoms with van der Waals surface area (Å²) in [5.74, 6) is -4.30. The molecule has 1 aromatic heterocycles. The molecule has 0 bridgehead atoms. The number of hydrogen-bond acceptors (Lipinski definition) is 6. The fraction of sp³-hybridized carbons (Fsp3) is 0.389. The number of benzene rings is 1. The van der Waals surface area contributed by atoms with E-state index >= 15 is 0 Å². The Morgan fingerprint density at radius 1 is 1.32 bits per heavy atom. The van der Waals surface area contributed by atoms with E-state index in [4.69, 9.17) is 9.47 Å². The Morgan fingerprint density at radius 2 is 2.03 bits per heavy atom. The van der Waals surface area contributed by atoms with Gasteiger partial charge >= 0.3 is 6.18 Å². The standard InChI is InChI=1S/C18H17F5N4O4/c1-30-15-11(4-3-10(19)14(15)20)27-8-17(31-2,18(21,22)23)6-12(27)16(29)25-9-5-13(28)26-24-7-9/h3-5,7,12H,6,8H2,1-2H3,(H2,25,26,28,29)/t12-,17?/m1/s1. The molecule has 0 radical (unpaired) electrons. The van der Waals surface area contributed by atoms with Crippen LogP contribution in [0.2, 0.25) is 0 Å². The first kappa shape index (κ1) is 22.5. The number of hydrogen-bond donors (Lipinski definition) is 2. The molecule has 0 saturated carbocycles. The number of amides is 1. The van der Waals surface area contributed by atoms with E-state index in [-0.39, 0.29) is 11.4 Å². The van der Waals surface area contributed by atoms with Crippen LogP contribution in [0.3, 0.4) is 0 Å². The summed E-state index contributed by atoms with van der Waals surface area (Å²) in [4.78, 5) is 25.2. The molecule has 2 heterocycles. The second-order valence-corrected chi connectivity index (χ2v) is 6.78. The molecule has 8 nitrogen and oxygen atoms in total. The van der Waals surface area contributed by atoms with Crippen LogP contribution in [-0.4, -0.2) is 54.7 Å². The van der Waals surface area contributed by atoms with Gasteiger partial charge in [0, 0.05) is 19.6 Å². The largest absolute Gasteiger partial charge is 0.491 e. The van der Waals surface area contributed by atoms with Crippen molar-refractivity contribution in [2.75, 3.05) is 31.0 Å². The zero-order valence-electron chi connectivity index (χ0n) is 16.2. The van der Waals surface area contributed by atoms with E-state index in [0.29, 0.717) is 6.07 Å². The SMILES string of the molecule is COc1c(N2CC(OC)(C(F)(F)F)C[C@@H]2C(=O)Nc2cn[nH]c(=O)c2)ccc(F)c1F. The summed E-state index contributed by atoms with van der Waals surface area (Å²) < 4.78 is 79.0. The van der Waals surface area contributed by atoms with E-state index in [9.17, 15) is 31.5 Å². The summed E-state index contributed by atoms with van der Waals surface area (Å²) in [6.45, 7) is -0.889. The third-order valence-corrected chi connectivity index (χ3v) is 5.01. The van der Waals surface area contributed by atoms with Gasteiger partial charge < -0.3 is 19.7 Å². The zero-order valence-corrected chi connectivity index (χ0v) is 16.2. The minimum absolute atomic E-state index is 0.0622. The van der Waals surface area contributed by atoms with Crippen molar-refractivity contribution >= 4 is 17.3 Å². The Hall–Kier alpha value is -3.22. The topological polar surface area (TPSA) is 96.6 Å². The van der Waals surface area contributed by atoms with Crippen LogP contribution in [0.1, 0.15) is 6.42 Å². The highest BCUT2D eigenvalue weighted by Crippen LogP contribution is 2.47. The molecule has 168 valence electrons. The maximum atomic E-state index is 14.2. The molecule has 1 saturated heterocycles. The number of halogens is 5. The van der Waals surface area contributed by atoms with Gasteiger partial charge in [0.2, 0.25) is 11.7 Å². The van der Waals surface area contributed by atoms with E-state index in [1.165, 1.54) is 0 Å². The zero-order chi connectivity index (χ0) is 23.0. The molecule has 13 heteroatoms. The predicted octanol–water partition coefficient (Wildman–Crippen LogP) is 2.22. The predicted molar refractivity (Wildman–Crippen MR) is 97.9 cm³/mol. The number of carbonyl (C=O) groups is 1. The van der Waals surface area contributed by atoms with Crippen LogP contribution in [0.25, 0.3) is 0 Å². The molecule has 2 N–H and O–H groups in total.